The van der Waals surface area contributed by atoms with Crippen molar-refractivity contribution < 1.29 is 4.42 Å². The number of nitrogens with zero attached hydrogens (tertiary/aromatic N) is 3. The zero-order valence-corrected chi connectivity index (χ0v) is 19.0. The van der Waals surface area contributed by atoms with Gasteiger partial charge in [0.15, 0.2) is 5.82 Å². The van der Waals surface area contributed by atoms with Gasteiger partial charge in [0.2, 0.25) is 0 Å². The van der Waals surface area contributed by atoms with Gasteiger partial charge in [0.1, 0.15) is 23.5 Å². The summed E-state index contributed by atoms with van der Waals surface area (Å²) in [7, 11) is 0. The lowest BCUT2D eigenvalue weighted by atomic mass is 9.88. The second-order valence-electron chi connectivity index (χ2n) is 9.89. The monoisotopic (exact) mass is 421 g/mol. The summed E-state index contributed by atoms with van der Waals surface area (Å²) in [6.45, 7) is 8.87. The van der Waals surface area contributed by atoms with E-state index < -0.39 is 5.41 Å². The first-order valence-corrected chi connectivity index (χ1v) is 11.0. The van der Waals surface area contributed by atoms with E-state index in [1.54, 1.807) is 6.33 Å². The van der Waals surface area contributed by atoms with E-state index in [-0.39, 0.29) is 5.41 Å². The molecular formula is C28H27N3O. The number of hydrogen-bond donors (Lipinski definition) is 0. The number of hydrogen-bond acceptors (Lipinski definition) is 4. The van der Waals surface area contributed by atoms with Crippen LogP contribution in [0.25, 0.3) is 34.5 Å². The molecule has 1 aliphatic carbocycles. The first kappa shape index (κ1) is 20.4. The lowest BCUT2D eigenvalue weighted by molar-refractivity contribution is 0.411. The maximum Gasteiger partial charge on any atom is 0.163 e. The van der Waals surface area contributed by atoms with Gasteiger partial charge < -0.3 is 4.42 Å². The van der Waals surface area contributed by atoms with Crippen molar-refractivity contribution >= 4 is 23.1 Å². The van der Waals surface area contributed by atoms with Gasteiger partial charge in [-0.1, -0.05) is 81.5 Å². The number of furan rings is 1. The summed E-state index contributed by atoms with van der Waals surface area (Å²) in [5.74, 6) is 2.25. The average Bonchev–Trinajstić information content (AvgIpc) is 3.04. The van der Waals surface area contributed by atoms with E-state index in [0.717, 1.165) is 34.3 Å². The molecule has 1 atom stereocenters. The molecule has 32 heavy (non-hydrogen) atoms. The summed E-state index contributed by atoms with van der Waals surface area (Å²) in [6.07, 6.45) is 11.0. The van der Waals surface area contributed by atoms with Crippen molar-refractivity contribution in [2.24, 2.45) is 5.41 Å². The third-order valence-electron chi connectivity index (χ3n) is 5.84. The van der Waals surface area contributed by atoms with E-state index in [0.29, 0.717) is 11.6 Å². The quantitative estimate of drug-likeness (QED) is 0.362. The normalized spacial score (nSPS) is 18.0. The predicted molar refractivity (Wildman–Crippen MR) is 130 cm³/mol. The van der Waals surface area contributed by atoms with Gasteiger partial charge in [0.05, 0.1) is 5.41 Å². The number of allylic oxidation sites excluding steroid dienone is 2. The Morgan fingerprint density at radius 3 is 2.44 bits per heavy atom. The fourth-order valence-corrected chi connectivity index (χ4v) is 4.17. The minimum atomic E-state index is -0.466. The molecule has 2 aromatic carbocycles. The van der Waals surface area contributed by atoms with Gasteiger partial charge >= 0.3 is 0 Å². The number of para-hydroxylation sites is 1. The number of rotatable bonds is 3. The first-order chi connectivity index (χ1) is 15.3. The minimum Gasteiger partial charge on any atom is -0.456 e. The summed E-state index contributed by atoms with van der Waals surface area (Å²) < 4.78 is 6.05. The first-order valence-electron chi connectivity index (χ1n) is 11.0. The highest BCUT2D eigenvalue weighted by molar-refractivity contribution is 5.91. The van der Waals surface area contributed by atoms with Crippen LogP contribution in [0.3, 0.4) is 0 Å². The van der Waals surface area contributed by atoms with Crippen LogP contribution >= 0.6 is 0 Å². The van der Waals surface area contributed by atoms with Gasteiger partial charge in [0.25, 0.3) is 0 Å². The molecule has 0 saturated heterocycles. The molecule has 0 radical (unpaired) electrons. The maximum absolute atomic E-state index is 6.05. The van der Waals surface area contributed by atoms with Crippen LogP contribution in [-0.2, 0) is 11.8 Å². The second kappa shape index (κ2) is 7.56. The fraction of sp³-hybridized carbons (Fsp3) is 0.250. The van der Waals surface area contributed by atoms with Gasteiger partial charge in [0, 0.05) is 16.5 Å². The van der Waals surface area contributed by atoms with Crippen molar-refractivity contribution in [2.45, 2.75) is 39.5 Å². The van der Waals surface area contributed by atoms with Crippen molar-refractivity contribution in [1.82, 2.24) is 15.0 Å². The molecule has 4 aromatic rings. The van der Waals surface area contributed by atoms with Crippen LogP contribution in [0.5, 0.6) is 0 Å². The average molecular weight is 422 g/mol. The Balaban J connectivity index is 1.47. The Hall–Kier alpha value is -3.53. The molecule has 0 fully saturated rings. The van der Waals surface area contributed by atoms with E-state index in [4.69, 9.17) is 9.40 Å². The van der Waals surface area contributed by atoms with E-state index in [1.807, 2.05) is 24.3 Å². The molecule has 0 spiro atoms. The molecule has 1 unspecified atom stereocenters. The molecule has 2 heterocycles. The fourth-order valence-electron chi connectivity index (χ4n) is 4.17. The van der Waals surface area contributed by atoms with Gasteiger partial charge in [-0.2, -0.15) is 0 Å². The molecule has 0 aliphatic heterocycles. The molecule has 160 valence electrons. The largest absolute Gasteiger partial charge is 0.456 e. The topological polar surface area (TPSA) is 51.8 Å². The van der Waals surface area contributed by atoms with Gasteiger partial charge in [-0.3, -0.25) is 0 Å². The minimum absolute atomic E-state index is 0.257. The summed E-state index contributed by atoms with van der Waals surface area (Å²) in [6, 6.07) is 16.6. The Morgan fingerprint density at radius 1 is 0.906 bits per heavy atom. The summed E-state index contributed by atoms with van der Waals surface area (Å²) in [4.78, 5) is 13.8. The van der Waals surface area contributed by atoms with Crippen molar-refractivity contribution in [1.29, 1.82) is 0 Å². The van der Waals surface area contributed by atoms with Crippen LogP contribution in [0, 0.1) is 5.41 Å². The SMILES string of the molecule is CC(C)(C)Cc1ccc(-c2ncnc(C3(C)C=Cc4oc5ccccc5c4C=C3)n2)cc1. The zero-order chi connectivity index (χ0) is 22.3. The number of benzene rings is 2. The molecular weight excluding hydrogens is 394 g/mol. The van der Waals surface area contributed by atoms with Crippen LogP contribution in [0.4, 0.5) is 0 Å². The van der Waals surface area contributed by atoms with E-state index >= 15 is 0 Å². The van der Waals surface area contributed by atoms with E-state index in [1.165, 1.54) is 5.56 Å². The smallest absolute Gasteiger partial charge is 0.163 e. The van der Waals surface area contributed by atoms with Crippen LogP contribution in [0.1, 0.15) is 50.4 Å². The van der Waals surface area contributed by atoms with Crippen molar-refractivity contribution in [3.8, 4) is 11.4 Å². The van der Waals surface area contributed by atoms with Crippen LogP contribution in [0.2, 0.25) is 0 Å². The Morgan fingerprint density at radius 2 is 1.66 bits per heavy atom. The number of fused-ring (bicyclic) bond motifs is 3. The van der Waals surface area contributed by atoms with Crippen molar-refractivity contribution in [3.63, 3.8) is 0 Å². The van der Waals surface area contributed by atoms with E-state index in [2.05, 4.69) is 86.2 Å². The molecule has 0 N–H and O–H groups in total. The molecule has 1 aliphatic rings. The zero-order valence-electron chi connectivity index (χ0n) is 19.0. The van der Waals surface area contributed by atoms with Gasteiger partial charge in [-0.15, -0.1) is 0 Å². The van der Waals surface area contributed by atoms with E-state index in [9.17, 15) is 0 Å². The second-order valence-corrected chi connectivity index (χ2v) is 9.89. The number of aromatic nitrogens is 3. The highest BCUT2D eigenvalue weighted by Crippen LogP contribution is 2.35. The van der Waals surface area contributed by atoms with Crippen molar-refractivity contribution in [3.05, 3.63) is 89.7 Å². The van der Waals surface area contributed by atoms with Gasteiger partial charge in [-0.25, -0.2) is 15.0 Å². The molecule has 5 rings (SSSR count). The summed E-state index contributed by atoms with van der Waals surface area (Å²) >= 11 is 0. The molecule has 0 bridgehead atoms. The third-order valence-corrected chi connectivity index (χ3v) is 5.84. The summed E-state index contributed by atoms with van der Waals surface area (Å²) in [5.41, 5.74) is 4.09. The molecule has 0 amide bonds. The van der Waals surface area contributed by atoms with Crippen LogP contribution in [-0.4, -0.2) is 15.0 Å². The predicted octanol–water partition coefficient (Wildman–Crippen LogP) is 6.87. The van der Waals surface area contributed by atoms with Gasteiger partial charge in [-0.05, 0) is 36.5 Å². The molecule has 0 saturated carbocycles. The van der Waals surface area contributed by atoms with Crippen LogP contribution < -0.4 is 0 Å². The third kappa shape index (κ3) is 3.89. The Labute approximate surface area is 188 Å². The highest BCUT2D eigenvalue weighted by atomic mass is 16.3. The maximum atomic E-state index is 6.05. The lowest BCUT2D eigenvalue weighted by Gasteiger charge is -2.20. The lowest BCUT2D eigenvalue weighted by Crippen LogP contribution is -2.20. The molecule has 4 nitrogen and oxygen atoms in total. The Kier molecular flexibility index (Phi) is 4.81. The molecule has 2 aromatic heterocycles. The van der Waals surface area contributed by atoms with Crippen LogP contribution in [0.15, 0.2) is 71.4 Å². The standard InChI is InChI=1S/C28H27N3O/c1-27(2,3)17-19-9-11-20(12-10-19)25-29-18-30-26(31-25)28(4)15-13-22-21-7-5-6-8-23(21)32-24(22)14-16-28/h5-16,18H,17H2,1-4H3. The highest BCUT2D eigenvalue weighted by Gasteiger charge is 2.27. The Bertz CT molecular complexity index is 1340. The summed E-state index contributed by atoms with van der Waals surface area (Å²) in [5, 5.41) is 1.11. The molecule has 4 heteroatoms. The van der Waals surface area contributed by atoms with Crippen molar-refractivity contribution in [2.75, 3.05) is 0 Å².